The molecule has 0 N–H and O–H groups in total. The molecule has 2 aromatic rings. The van der Waals surface area contributed by atoms with Crippen molar-refractivity contribution in [2.24, 2.45) is 0 Å². The molecule has 2 heterocycles. The van der Waals surface area contributed by atoms with Gasteiger partial charge >= 0.3 is 0 Å². The topological polar surface area (TPSA) is 58.6 Å². The molecule has 0 spiro atoms. The van der Waals surface area contributed by atoms with Crippen molar-refractivity contribution in [3.05, 3.63) is 47.0 Å². The van der Waals surface area contributed by atoms with E-state index in [1.54, 1.807) is 0 Å². The molecule has 0 unspecified atom stereocenters. The van der Waals surface area contributed by atoms with Crippen LogP contribution in [0.5, 0.6) is 5.88 Å². The van der Waals surface area contributed by atoms with Crippen molar-refractivity contribution in [2.45, 2.75) is 20.8 Å². The largest absolute Gasteiger partial charge is 0.477 e. The van der Waals surface area contributed by atoms with Crippen LogP contribution in [0.4, 0.5) is 5.82 Å². The van der Waals surface area contributed by atoms with Gasteiger partial charge in [-0.05, 0) is 50.1 Å². The maximum atomic E-state index is 12.7. The molecule has 1 aromatic carbocycles. The zero-order valence-corrected chi connectivity index (χ0v) is 15.0. The van der Waals surface area contributed by atoms with Crippen molar-refractivity contribution in [1.82, 2.24) is 15.1 Å². The van der Waals surface area contributed by atoms with E-state index in [1.165, 1.54) is 5.56 Å². The van der Waals surface area contributed by atoms with Crippen LogP contribution in [0.1, 0.15) is 28.4 Å². The quantitative estimate of drug-likeness (QED) is 0.856. The number of benzene rings is 1. The van der Waals surface area contributed by atoms with Crippen LogP contribution in [-0.4, -0.2) is 53.8 Å². The first-order valence-corrected chi connectivity index (χ1v) is 8.66. The molecule has 25 heavy (non-hydrogen) atoms. The molecule has 6 nitrogen and oxygen atoms in total. The highest BCUT2D eigenvalue weighted by atomic mass is 16.5. The third-order valence-electron chi connectivity index (χ3n) is 4.56. The minimum Gasteiger partial charge on any atom is -0.477 e. The summed E-state index contributed by atoms with van der Waals surface area (Å²) < 4.78 is 5.32. The number of piperazine rings is 1. The number of amides is 1. The smallest absolute Gasteiger partial charge is 0.253 e. The molecule has 0 bridgehead atoms. The van der Waals surface area contributed by atoms with Gasteiger partial charge in [-0.1, -0.05) is 6.07 Å². The predicted molar refractivity (Wildman–Crippen MR) is 97.2 cm³/mol. The Balaban J connectivity index is 1.61. The minimum absolute atomic E-state index is 0.0977. The Kier molecular flexibility index (Phi) is 5.16. The Hall–Kier alpha value is -2.63. The molecule has 1 aliphatic heterocycles. The van der Waals surface area contributed by atoms with Gasteiger partial charge in [0, 0.05) is 37.8 Å². The number of nitrogens with zero attached hydrogens (tertiary/aromatic N) is 4. The van der Waals surface area contributed by atoms with E-state index in [-0.39, 0.29) is 5.91 Å². The number of hydrogen-bond acceptors (Lipinski definition) is 5. The molecule has 1 aliphatic rings. The maximum absolute atomic E-state index is 12.7. The Bertz CT molecular complexity index is 738. The monoisotopic (exact) mass is 340 g/mol. The van der Waals surface area contributed by atoms with Gasteiger partial charge in [-0.3, -0.25) is 4.79 Å². The predicted octanol–water partition coefficient (Wildman–Crippen LogP) is 2.45. The van der Waals surface area contributed by atoms with Crippen molar-refractivity contribution in [3.63, 3.8) is 0 Å². The van der Waals surface area contributed by atoms with Gasteiger partial charge in [-0.2, -0.15) is 0 Å². The molecule has 132 valence electrons. The Morgan fingerprint density at radius 1 is 1.04 bits per heavy atom. The fourth-order valence-electron chi connectivity index (χ4n) is 2.90. The second-order valence-electron chi connectivity index (χ2n) is 6.24. The Morgan fingerprint density at radius 3 is 2.40 bits per heavy atom. The van der Waals surface area contributed by atoms with Gasteiger partial charge in [0.25, 0.3) is 5.91 Å². The van der Waals surface area contributed by atoms with Gasteiger partial charge in [-0.25, -0.2) is 0 Å². The third-order valence-corrected chi connectivity index (χ3v) is 4.56. The Labute approximate surface area is 148 Å². The van der Waals surface area contributed by atoms with Crippen LogP contribution in [0.15, 0.2) is 30.3 Å². The van der Waals surface area contributed by atoms with E-state index in [0.717, 1.165) is 30.0 Å². The number of ether oxygens (including phenoxy) is 1. The van der Waals surface area contributed by atoms with Crippen LogP contribution in [0, 0.1) is 13.8 Å². The summed E-state index contributed by atoms with van der Waals surface area (Å²) in [6.07, 6.45) is 0. The average molecular weight is 340 g/mol. The summed E-state index contributed by atoms with van der Waals surface area (Å²) in [5.41, 5.74) is 3.11. The van der Waals surface area contributed by atoms with E-state index >= 15 is 0 Å². The fraction of sp³-hybridized carbons (Fsp3) is 0.421. The summed E-state index contributed by atoms with van der Waals surface area (Å²) >= 11 is 0. The summed E-state index contributed by atoms with van der Waals surface area (Å²) in [4.78, 5) is 16.7. The van der Waals surface area contributed by atoms with E-state index in [1.807, 2.05) is 49.1 Å². The van der Waals surface area contributed by atoms with Gasteiger partial charge in [-0.15, -0.1) is 10.2 Å². The van der Waals surface area contributed by atoms with Crippen LogP contribution in [0.3, 0.4) is 0 Å². The van der Waals surface area contributed by atoms with Crippen LogP contribution in [0.2, 0.25) is 0 Å². The normalized spacial score (nSPS) is 14.5. The lowest BCUT2D eigenvalue weighted by molar-refractivity contribution is 0.0746. The molecule has 1 amide bonds. The van der Waals surface area contributed by atoms with Gasteiger partial charge in [0.2, 0.25) is 5.88 Å². The summed E-state index contributed by atoms with van der Waals surface area (Å²) in [7, 11) is 0. The molecule has 1 saturated heterocycles. The number of aryl methyl sites for hydroxylation is 2. The first kappa shape index (κ1) is 17.2. The summed E-state index contributed by atoms with van der Waals surface area (Å²) in [6, 6.07) is 9.64. The highest BCUT2D eigenvalue weighted by molar-refractivity contribution is 5.94. The highest BCUT2D eigenvalue weighted by Gasteiger charge is 2.23. The second kappa shape index (κ2) is 7.51. The van der Waals surface area contributed by atoms with Gasteiger partial charge in [0.15, 0.2) is 5.82 Å². The molecule has 0 radical (unpaired) electrons. The van der Waals surface area contributed by atoms with Crippen molar-refractivity contribution in [3.8, 4) is 5.88 Å². The number of anilines is 1. The zero-order chi connectivity index (χ0) is 17.8. The molecule has 6 heteroatoms. The van der Waals surface area contributed by atoms with Crippen LogP contribution < -0.4 is 9.64 Å². The van der Waals surface area contributed by atoms with Crippen molar-refractivity contribution in [1.29, 1.82) is 0 Å². The van der Waals surface area contributed by atoms with Crippen LogP contribution in [0.25, 0.3) is 0 Å². The van der Waals surface area contributed by atoms with E-state index in [9.17, 15) is 4.79 Å². The maximum Gasteiger partial charge on any atom is 0.253 e. The van der Waals surface area contributed by atoms with Crippen molar-refractivity contribution < 1.29 is 9.53 Å². The number of rotatable bonds is 4. The third kappa shape index (κ3) is 3.90. The van der Waals surface area contributed by atoms with Crippen molar-refractivity contribution >= 4 is 11.7 Å². The average Bonchev–Trinajstić information content (AvgIpc) is 2.64. The number of carbonyl (C=O) groups excluding carboxylic acids is 1. The lowest BCUT2D eigenvalue weighted by atomic mass is 10.1. The van der Waals surface area contributed by atoms with E-state index in [0.29, 0.717) is 25.6 Å². The van der Waals surface area contributed by atoms with Gasteiger partial charge < -0.3 is 14.5 Å². The number of carbonyl (C=O) groups is 1. The summed E-state index contributed by atoms with van der Waals surface area (Å²) in [5.74, 6) is 1.46. The second-order valence-corrected chi connectivity index (χ2v) is 6.24. The SMILES string of the molecule is CCOc1ccc(N2CCN(C(=O)c3ccc(C)c(C)c3)CC2)nn1. The molecule has 0 saturated carbocycles. The van der Waals surface area contributed by atoms with E-state index < -0.39 is 0 Å². The summed E-state index contributed by atoms with van der Waals surface area (Å²) in [6.45, 7) is 9.45. The van der Waals surface area contributed by atoms with E-state index in [2.05, 4.69) is 22.0 Å². The Morgan fingerprint density at radius 2 is 1.80 bits per heavy atom. The van der Waals surface area contributed by atoms with Crippen molar-refractivity contribution in [2.75, 3.05) is 37.7 Å². The van der Waals surface area contributed by atoms with Crippen LogP contribution in [-0.2, 0) is 0 Å². The standard InChI is InChI=1S/C19H24N4O2/c1-4-25-18-8-7-17(20-21-18)22-9-11-23(12-10-22)19(24)16-6-5-14(2)15(3)13-16/h5-8,13H,4,9-12H2,1-3H3. The molecule has 0 aliphatic carbocycles. The number of hydrogen-bond donors (Lipinski definition) is 0. The van der Waals surface area contributed by atoms with Gasteiger partial charge in [0.1, 0.15) is 0 Å². The molecule has 0 atom stereocenters. The molecule has 1 fully saturated rings. The van der Waals surface area contributed by atoms with Crippen LogP contribution >= 0.6 is 0 Å². The number of aromatic nitrogens is 2. The zero-order valence-electron chi connectivity index (χ0n) is 15.0. The molecule has 1 aromatic heterocycles. The fourth-order valence-corrected chi connectivity index (χ4v) is 2.90. The minimum atomic E-state index is 0.0977. The molecular weight excluding hydrogens is 316 g/mol. The lowest BCUT2D eigenvalue weighted by Crippen LogP contribution is -2.49. The summed E-state index contributed by atoms with van der Waals surface area (Å²) in [5, 5.41) is 8.29. The molecular formula is C19H24N4O2. The highest BCUT2D eigenvalue weighted by Crippen LogP contribution is 2.17. The lowest BCUT2D eigenvalue weighted by Gasteiger charge is -2.35. The molecule has 3 rings (SSSR count). The van der Waals surface area contributed by atoms with E-state index in [4.69, 9.17) is 4.74 Å². The van der Waals surface area contributed by atoms with Gasteiger partial charge in [0.05, 0.1) is 6.61 Å². The first-order valence-electron chi connectivity index (χ1n) is 8.66. The first-order chi connectivity index (χ1) is 12.1.